The van der Waals surface area contributed by atoms with Crippen molar-refractivity contribution in [1.82, 2.24) is 4.98 Å². The number of nitrogens with one attached hydrogen (secondary N) is 2. The summed E-state index contributed by atoms with van der Waals surface area (Å²) in [6, 6.07) is 4.24. The van der Waals surface area contributed by atoms with Crippen molar-refractivity contribution in [2.45, 2.75) is 13.8 Å². The number of aromatic nitrogens is 1. The molecule has 3 nitrogen and oxygen atoms in total. The monoisotopic (exact) mass is 375 g/mol. The van der Waals surface area contributed by atoms with Crippen LogP contribution in [0.1, 0.15) is 12.5 Å². The van der Waals surface area contributed by atoms with Crippen LogP contribution in [-0.2, 0) is 0 Å². The minimum absolute atomic E-state index is 0.00395. The van der Waals surface area contributed by atoms with Crippen molar-refractivity contribution in [2.75, 3.05) is 17.2 Å². The van der Waals surface area contributed by atoms with Gasteiger partial charge >= 0.3 is 0 Å². The van der Waals surface area contributed by atoms with Gasteiger partial charge in [-0.25, -0.2) is 13.8 Å². The molecule has 0 amide bonds. The van der Waals surface area contributed by atoms with Crippen LogP contribution in [-0.4, -0.2) is 11.5 Å². The maximum atomic E-state index is 13.8. The molecule has 21 heavy (non-hydrogen) atoms. The van der Waals surface area contributed by atoms with Gasteiger partial charge in [0, 0.05) is 22.1 Å². The molecule has 0 fully saturated rings. The molecule has 0 atom stereocenters. The minimum atomic E-state index is -0.780. The Kier molecular flexibility index (Phi) is 5.00. The largest absolute Gasteiger partial charge is 0.368 e. The first-order chi connectivity index (χ1) is 9.92. The van der Waals surface area contributed by atoms with E-state index in [1.807, 2.05) is 6.92 Å². The van der Waals surface area contributed by atoms with Gasteiger partial charge in [-0.05, 0) is 47.5 Å². The number of pyridine rings is 1. The van der Waals surface area contributed by atoms with E-state index >= 15 is 0 Å². The summed E-state index contributed by atoms with van der Waals surface area (Å²) in [4.78, 5) is 3.91. The molecule has 7 heteroatoms. The normalized spacial score (nSPS) is 10.6. The van der Waals surface area contributed by atoms with Crippen LogP contribution in [0.5, 0.6) is 0 Å². The number of hydrogen-bond acceptors (Lipinski definition) is 3. The van der Waals surface area contributed by atoms with E-state index in [2.05, 4.69) is 31.5 Å². The summed E-state index contributed by atoms with van der Waals surface area (Å²) < 4.78 is 28.1. The van der Waals surface area contributed by atoms with Gasteiger partial charge in [0.25, 0.3) is 0 Å². The molecule has 112 valence electrons. The third-order valence-corrected chi connectivity index (χ3v) is 3.84. The number of anilines is 3. The van der Waals surface area contributed by atoms with Crippen LogP contribution in [0.3, 0.4) is 0 Å². The van der Waals surface area contributed by atoms with Gasteiger partial charge in [-0.1, -0.05) is 11.6 Å². The first-order valence-corrected chi connectivity index (χ1v) is 7.42. The summed E-state index contributed by atoms with van der Waals surface area (Å²) >= 11 is 9.42. The lowest BCUT2D eigenvalue weighted by molar-refractivity contribution is 0.579. The van der Waals surface area contributed by atoms with Crippen molar-refractivity contribution in [1.29, 1.82) is 0 Å². The van der Waals surface area contributed by atoms with E-state index in [1.54, 1.807) is 19.1 Å². The highest BCUT2D eigenvalue weighted by molar-refractivity contribution is 9.10. The SMILES string of the molecule is CCNc1nc(Nc2cc(Cl)c(C)cc2Br)c(F)cc1F. The molecule has 0 saturated heterocycles. The summed E-state index contributed by atoms with van der Waals surface area (Å²) in [5, 5.41) is 6.08. The third-order valence-electron chi connectivity index (χ3n) is 2.78. The van der Waals surface area contributed by atoms with E-state index in [0.29, 0.717) is 21.7 Å². The van der Waals surface area contributed by atoms with Gasteiger partial charge in [-0.3, -0.25) is 0 Å². The number of halogens is 4. The van der Waals surface area contributed by atoms with Crippen LogP contribution in [0.4, 0.5) is 26.1 Å². The van der Waals surface area contributed by atoms with Crippen molar-refractivity contribution in [3.63, 3.8) is 0 Å². The zero-order chi connectivity index (χ0) is 15.6. The predicted octanol–water partition coefficient (Wildman–Crippen LogP) is 5.26. The van der Waals surface area contributed by atoms with Crippen LogP contribution >= 0.6 is 27.5 Å². The van der Waals surface area contributed by atoms with Gasteiger partial charge in [0.05, 0.1) is 5.69 Å². The second kappa shape index (κ2) is 6.58. The average molecular weight is 377 g/mol. The van der Waals surface area contributed by atoms with Crippen LogP contribution < -0.4 is 10.6 Å². The van der Waals surface area contributed by atoms with E-state index in [4.69, 9.17) is 11.6 Å². The molecule has 0 unspecified atom stereocenters. The molecular weight excluding hydrogens is 364 g/mol. The Balaban J connectivity index is 2.39. The Bertz CT molecular complexity index is 680. The van der Waals surface area contributed by atoms with Gasteiger partial charge in [-0.2, -0.15) is 0 Å². The van der Waals surface area contributed by atoms with Crippen molar-refractivity contribution < 1.29 is 8.78 Å². The lowest BCUT2D eigenvalue weighted by atomic mass is 10.2. The summed E-state index contributed by atoms with van der Waals surface area (Å²) in [5.74, 6) is -1.60. The smallest absolute Gasteiger partial charge is 0.169 e. The third kappa shape index (κ3) is 3.63. The summed E-state index contributed by atoms with van der Waals surface area (Å²) in [6.45, 7) is 4.14. The molecule has 0 radical (unpaired) electrons. The van der Waals surface area contributed by atoms with E-state index < -0.39 is 11.6 Å². The van der Waals surface area contributed by atoms with Crippen molar-refractivity contribution in [3.05, 3.63) is 44.9 Å². The second-order valence-corrected chi connectivity index (χ2v) is 5.65. The summed E-state index contributed by atoms with van der Waals surface area (Å²) in [7, 11) is 0. The second-order valence-electron chi connectivity index (χ2n) is 4.39. The van der Waals surface area contributed by atoms with Crippen LogP contribution in [0.25, 0.3) is 0 Å². The fourth-order valence-corrected chi connectivity index (χ4v) is 2.44. The highest BCUT2D eigenvalue weighted by Gasteiger charge is 2.13. The van der Waals surface area contributed by atoms with E-state index in [0.717, 1.165) is 11.6 Å². The predicted molar refractivity (Wildman–Crippen MR) is 85.5 cm³/mol. The Morgan fingerprint density at radius 3 is 2.52 bits per heavy atom. The summed E-state index contributed by atoms with van der Waals surface area (Å²) in [6.07, 6.45) is 0. The van der Waals surface area contributed by atoms with Crippen molar-refractivity contribution in [2.24, 2.45) is 0 Å². The molecule has 0 saturated carbocycles. The van der Waals surface area contributed by atoms with Gasteiger partial charge in [0.15, 0.2) is 23.3 Å². The zero-order valence-corrected chi connectivity index (χ0v) is 13.7. The highest BCUT2D eigenvalue weighted by Crippen LogP contribution is 2.32. The molecule has 2 N–H and O–H groups in total. The lowest BCUT2D eigenvalue weighted by Crippen LogP contribution is -2.06. The maximum absolute atomic E-state index is 13.8. The fraction of sp³-hybridized carbons (Fsp3) is 0.214. The van der Waals surface area contributed by atoms with Gasteiger partial charge in [-0.15, -0.1) is 0 Å². The molecule has 2 rings (SSSR count). The number of hydrogen-bond donors (Lipinski definition) is 2. The minimum Gasteiger partial charge on any atom is -0.368 e. The molecule has 0 bridgehead atoms. The molecule has 0 aliphatic carbocycles. The topological polar surface area (TPSA) is 37.0 Å². The highest BCUT2D eigenvalue weighted by atomic mass is 79.9. The van der Waals surface area contributed by atoms with E-state index in [-0.39, 0.29) is 11.6 Å². The lowest BCUT2D eigenvalue weighted by Gasteiger charge is -2.12. The Morgan fingerprint density at radius 1 is 1.19 bits per heavy atom. The molecule has 0 aliphatic heterocycles. The number of rotatable bonds is 4. The first kappa shape index (κ1) is 16.0. The van der Waals surface area contributed by atoms with Gasteiger partial charge in [0.2, 0.25) is 0 Å². The Hall–Kier alpha value is -1.40. The van der Waals surface area contributed by atoms with Crippen LogP contribution in [0.15, 0.2) is 22.7 Å². The molecule has 0 spiro atoms. The number of benzene rings is 1. The number of aryl methyl sites for hydroxylation is 1. The van der Waals surface area contributed by atoms with Crippen LogP contribution in [0, 0.1) is 18.6 Å². The van der Waals surface area contributed by atoms with Gasteiger partial charge in [0.1, 0.15) is 0 Å². The van der Waals surface area contributed by atoms with Gasteiger partial charge < -0.3 is 10.6 Å². The average Bonchev–Trinajstić information content (AvgIpc) is 2.41. The Morgan fingerprint density at radius 2 is 1.86 bits per heavy atom. The Labute approximate surface area is 134 Å². The van der Waals surface area contributed by atoms with E-state index in [9.17, 15) is 8.78 Å². The zero-order valence-electron chi connectivity index (χ0n) is 11.4. The van der Waals surface area contributed by atoms with Crippen molar-refractivity contribution in [3.8, 4) is 0 Å². The van der Waals surface area contributed by atoms with Crippen molar-refractivity contribution >= 4 is 44.9 Å². The van der Waals surface area contributed by atoms with Crippen LogP contribution in [0.2, 0.25) is 5.02 Å². The molecule has 2 aromatic rings. The molecule has 1 aromatic carbocycles. The molecule has 1 heterocycles. The maximum Gasteiger partial charge on any atom is 0.169 e. The quantitative estimate of drug-likeness (QED) is 0.764. The summed E-state index contributed by atoms with van der Waals surface area (Å²) in [5.41, 5.74) is 1.43. The first-order valence-electron chi connectivity index (χ1n) is 6.25. The number of nitrogens with zero attached hydrogens (tertiary/aromatic N) is 1. The fourth-order valence-electron chi connectivity index (χ4n) is 1.72. The molecular formula is C14H13BrClF2N3. The molecule has 0 aliphatic rings. The van der Waals surface area contributed by atoms with E-state index in [1.165, 1.54) is 0 Å². The molecule has 1 aromatic heterocycles. The standard InChI is InChI=1S/C14H13BrClF2N3/c1-3-19-13-10(17)6-11(18)14(21-13)20-12-5-9(16)7(2)4-8(12)15/h4-6H,3H2,1-2H3,(H2,19,20,21).